The summed E-state index contributed by atoms with van der Waals surface area (Å²) in [6, 6.07) is 7.81. The molecule has 19 heavy (non-hydrogen) atoms. The Kier molecular flexibility index (Phi) is 4.50. The minimum Gasteiger partial charge on any atom is -0.336 e. The molecule has 1 amide bonds. The fraction of sp³-hybridized carbons (Fsp3) is 0.533. The highest BCUT2D eigenvalue weighted by Crippen LogP contribution is 2.17. The van der Waals surface area contributed by atoms with Gasteiger partial charge in [0.05, 0.1) is 0 Å². The first-order chi connectivity index (χ1) is 8.88. The Hall–Kier alpha value is -0.620. The van der Waals surface area contributed by atoms with Crippen molar-refractivity contribution >= 4 is 28.5 Å². The van der Waals surface area contributed by atoms with E-state index in [1.807, 2.05) is 29.2 Å². The van der Waals surface area contributed by atoms with Gasteiger partial charge >= 0.3 is 0 Å². The van der Waals surface area contributed by atoms with Crippen LogP contribution in [-0.4, -0.2) is 47.4 Å². The lowest BCUT2D eigenvalue weighted by atomic mass is 10.0. The van der Waals surface area contributed by atoms with Gasteiger partial charge in [-0.3, -0.25) is 9.69 Å². The van der Waals surface area contributed by atoms with Gasteiger partial charge in [-0.15, -0.1) is 0 Å². The van der Waals surface area contributed by atoms with E-state index in [2.05, 4.69) is 48.3 Å². The molecule has 0 N–H and O–H groups in total. The lowest BCUT2D eigenvalue weighted by Crippen LogP contribution is -2.54. The zero-order chi connectivity index (χ0) is 14.0. The summed E-state index contributed by atoms with van der Waals surface area (Å²) in [6.07, 6.45) is 0. The minimum atomic E-state index is 0.159. The molecule has 1 aliphatic rings. The number of halogens is 1. The summed E-state index contributed by atoms with van der Waals surface area (Å²) in [5, 5.41) is 0. The smallest absolute Gasteiger partial charge is 0.253 e. The number of hydrogen-bond donors (Lipinski definition) is 0. The number of benzene rings is 1. The zero-order valence-electron chi connectivity index (χ0n) is 11.8. The van der Waals surface area contributed by atoms with Gasteiger partial charge in [-0.1, -0.05) is 6.07 Å². The quantitative estimate of drug-likeness (QED) is 0.708. The van der Waals surface area contributed by atoms with Gasteiger partial charge in [0.15, 0.2) is 0 Å². The van der Waals surface area contributed by atoms with Gasteiger partial charge in [-0.25, -0.2) is 0 Å². The molecule has 3 nitrogen and oxygen atoms in total. The van der Waals surface area contributed by atoms with E-state index in [0.717, 1.165) is 35.3 Å². The van der Waals surface area contributed by atoms with E-state index < -0.39 is 0 Å². The van der Waals surface area contributed by atoms with Crippen LogP contribution in [0.25, 0.3) is 0 Å². The maximum Gasteiger partial charge on any atom is 0.253 e. The Morgan fingerprint density at radius 2 is 1.79 bits per heavy atom. The monoisotopic (exact) mass is 372 g/mol. The second kappa shape index (κ2) is 5.79. The average molecular weight is 372 g/mol. The third-order valence-corrected chi connectivity index (χ3v) is 4.26. The molecular weight excluding hydrogens is 351 g/mol. The van der Waals surface area contributed by atoms with Crippen molar-refractivity contribution in [1.82, 2.24) is 9.80 Å². The number of amides is 1. The molecular formula is C15H21IN2O. The van der Waals surface area contributed by atoms with Crippen molar-refractivity contribution < 1.29 is 4.79 Å². The number of hydrogen-bond acceptors (Lipinski definition) is 2. The van der Waals surface area contributed by atoms with Crippen LogP contribution in [0, 0.1) is 3.57 Å². The standard InChI is InChI=1S/C15H21IN2O/c1-15(2,3)18-9-7-17(8-10-18)14(19)12-5-4-6-13(16)11-12/h4-6,11H,7-10H2,1-3H3. The summed E-state index contributed by atoms with van der Waals surface area (Å²) in [6.45, 7) is 10.2. The van der Waals surface area contributed by atoms with Crippen LogP contribution in [0.4, 0.5) is 0 Å². The number of piperazine rings is 1. The summed E-state index contributed by atoms with van der Waals surface area (Å²) in [7, 11) is 0. The third kappa shape index (κ3) is 3.69. The first-order valence-electron chi connectivity index (χ1n) is 6.68. The van der Waals surface area contributed by atoms with Gasteiger partial charge in [0.25, 0.3) is 5.91 Å². The van der Waals surface area contributed by atoms with Gasteiger partial charge in [0.1, 0.15) is 0 Å². The first kappa shape index (κ1) is 14.8. The molecule has 1 heterocycles. The topological polar surface area (TPSA) is 23.6 Å². The number of nitrogens with zero attached hydrogens (tertiary/aromatic N) is 2. The van der Waals surface area contributed by atoms with Crippen molar-refractivity contribution in [3.8, 4) is 0 Å². The molecule has 1 saturated heterocycles. The van der Waals surface area contributed by atoms with Crippen LogP contribution in [0.2, 0.25) is 0 Å². The van der Waals surface area contributed by atoms with E-state index in [0.29, 0.717) is 0 Å². The summed E-state index contributed by atoms with van der Waals surface area (Å²) < 4.78 is 1.11. The van der Waals surface area contributed by atoms with E-state index in [1.165, 1.54) is 0 Å². The average Bonchev–Trinajstić information content (AvgIpc) is 2.37. The van der Waals surface area contributed by atoms with Gasteiger partial charge < -0.3 is 4.90 Å². The van der Waals surface area contributed by atoms with E-state index in [9.17, 15) is 4.79 Å². The predicted molar refractivity (Wildman–Crippen MR) is 86.4 cm³/mol. The van der Waals surface area contributed by atoms with Crippen LogP contribution in [0.1, 0.15) is 31.1 Å². The summed E-state index contributed by atoms with van der Waals surface area (Å²) in [5.41, 5.74) is 0.994. The molecule has 4 heteroatoms. The molecule has 1 fully saturated rings. The molecule has 0 bridgehead atoms. The molecule has 104 valence electrons. The highest BCUT2D eigenvalue weighted by Gasteiger charge is 2.28. The minimum absolute atomic E-state index is 0.159. The van der Waals surface area contributed by atoms with E-state index in [-0.39, 0.29) is 11.4 Å². The first-order valence-corrected chi connectivity index (χ1v) is 7.76. The van der Waals surface area contributed by atoms with Crippen LogP contribution in [0.15, 0.2) is 24.3 Å². The third-order valence-electron chi connectivity index (χ3n) is 3.59. The fourth-order valence-electron chi connectivity index (χ4n) is 2.38. The molecule has 1 aromatic carbocycles. The highest BCUT2D eigenvalue weighted by atomic mass is 127. The molecule has 0 saturated carbocycles. The molecule has 0 aliphatic carbocycles. The van der Waals surface area contributed by atoms with Crippen molar-refractivity contribution in [2.24, 2.45) is 0 Å². The predicted octanol–water partition coefficient (Wildman–Crippen LogP) is 2.85. The normalized spacial score (nSPS) is 17.6. The molecule has 0 spiro atoms. The van der Waals surface area contributed by atoms with Crippen LogP contribution in [0.5, 0.6) is 0 Å². The second-order valence-electron chi connectivity index (χ2n) is 5.96. The Morgan fingerprint density at radius 1 is 1.16 bits per heavy atom. The number of rotatable bonds is 1. The van der Waals surface area contributed by atoms with Gasteiger partial charge in [-0.05, 0) is 61.6 Å². The molecule has 2 rings (SSSR count). The zero-order valence-corrected chi connectivity index (χ0v) is 14.0. The van der Waals surface area contributed by atoms with Crippen molar-refractivity contribution in [1.29, 1.82) is 0 Å². The molecule has 1 aromatic rings. The molecule has 0 atom stereocenters. The van der Waals surface area contributed by atoms with Crippen molar-refractivity contribution in [2.75, 3.05) is 26.2 Å². The van der Waals surface area contributed by atoms with Gasteiger partial charge in [0.2, 0.25) is 0 Å². The van der Waals surface area contributed by atoms with Crippen molar-refractivity contribution in [3.05, 3.63) is 33.4 Å². The van der Waals surface area contributed by atoms with Gasteiger partial charge in [0, 0.05) is 40.9 Å². The Labute approximate surface area is 129 Å². The van der Waals surface area contributed by atoms with Crippen LogP contribution in [0.3, 0.4) is 0 Å². The molecule has 0 unspecified atom stereocenters. The van der Waals surface area contributed by atoms with Gasteiger partial charge in [-0.2, -0.15) is 0 Å². The van der Waals surface area contributed by atoms with Crippen molar-refractivity contribution in [3.63, 3.8) is 0 Å². The number of carbonyl (C=O) groups is 1. The number of carbonyl (C=O) groups excluding carboxylic acids is 1. The lowest BCUT2D eigenvalue weighted by Gasteiger charge is -2.42. The maximum absolute atomic E-state index is 12.4. The van der Waals surface area contributed by atoms with E-state index >= 15 is 0 Å². The van der Waals surface area contributed by atoms with Crippen LogP contribution in [-0.2, 0) is 0 Å². The van der Waals surface area contributed by atoms with Crippen LogP contribution >= 0.6 is 22.6 Å². The Bertz CT molecular complexity index is 459. The molecule has 0 radical (unpaired) electrons. The van der Waals surface area contributed by atoms with E-state index in [4.69, 9.17) is 0 Å². The lowest BCUT2D eigenvalue weighted by molar-refractivity contribution is 0.0451. The summed E-state index contributed by atoms with van der Waals surface area (Å²) >= 11 is 2.24. The summed E-state index contributed by atoms with van der Waals surface area (Å²) in [4.78, 5) is 16.8. The Morgan fingerprint density at radius 3 is 2.32 bits per heavy atom. The highest BCUT2D eigenvalue weighted by molar-refractivity contribution is 14.1. The summed E-state index contributed by atoms with van der Waals surface area (Å²) in [5.74, 6) is 0.159. The maximum atomic E-state index is 12.4. The van der Waals surface area contributed by atoms with Crippen molar-refractivity contribution in [2.45, 2.75) is 26.3 Å². The molecule has 0 aromatic heterocycles. The fourth-order valence-corrected chi connectivity index (χ4v) is 2.93. The SMILES string of the molecule is CC(C)(C)N1CCN(C(=O)c2cccc(I)c2)CC1. The van der Waals surface area contributed by atoms with Crippen LogP contribution < -0.4 is 0 Å². The largest absolute Gasteiger partial charge is 0.336 e. The Balaban J connectivity index is 2.00. The molecule has 1 aliphatic heterocycles. The second-order valence-corrected chi connectivity index (χ2v) is 7.21. The van der Waals surface area contributed by atoms with E-state index in [1.54, 1.807) is 0 Å².